The van der Waals surface area contributed by atoms with Gasteiger partial charge in [0.1, 0.15) is 12.4 Å². The Morgan fingerprint density at radius 3 is 2.62 bits per heavy atom. The number of carbonyl (C=O) groups excluding carboxylic acids is 3. The summed E-state index contributed by atoms with van der Waals surface area (Å²) in [5.74, 6) is -3.05. The van der Waals surface area contributed by atoms with Gasteiger partial charge in [-0.25, -0.2) is 5.43 Å². The number of hydrogen-bond donors (Lipinski definition) is 2. The average Bonchev–Trinajstić information content (AvgIpc) is 2.60. The lowest BCUT2D eigenvalue weighted by atomic mass is 10.2. The minimum absolute atomic E-state index is 0.234. The van der Waals surface area contributed by atoms with Crippen molar-refractivity contribution >= 4 is 41.3 Å². The van der Waals surface area contributed by atoms with E-state index in [0.29, 0.717) is 16.3 Å². The quantitative estimate of drug-likeness (QED) is 0.435. The van der Waals surface area contributed by atoms with Crippen LogP contribution in [0, 0.1) is 0 Å². The van der Waals surface area contributed by atoms with E-state index in [1.54, 1.807) is 36.4 Å². The van der Waals surface area contributed by atoms with Crippen LogP contribution in [0.5, 0.6) is 5.75 Å². The first-order valence-electron chi connectivity index (χ1n) is 7.27. The molecule has 0 aliphatic carbocycles. The van der Waals surface area contributed by atoms with E-state index < -0.39 is 24.4 Å². The fourth-order valence-corrected chi connectivity index (χ4v) is 2.01. The lowest BCUT2D eigenvalue weighted by Crippen LogP contribution is -2.32. The normalized spacial score (nSPS) is 10.3. The van der Waals surface area contributed by atoms with Crippen LogP contribution < -0.4 is 20.6 Å². The molecule has 0 bridgehead atoms. The van der Waals surface area contributed by atoms with Gasteiger partial charge in [0, 0.05) is 16.3 Å². The van der Waals surface area contributed by atoms with Gasteiger partial charge in [0.15, 0.2) is 0 Å². The lowest BCUT2D eigenvalue weighted by molar-refractivity contribution is -0.307. The molecule has 0 radical (unpaired) electrons. The Morgan fingerprint density at radius 1 is 1.12 bits per heavy atom. The summed E-state index contributed by atoms with van der Waals surface area (Å²) in [7, 11) is 0. The summed E-state index contributed by atoms with van der Waals surface area (Å²) in [6.45, 7) is -0.626. The molecule has 0 unspecified atom stereocenters. The van der Waals surface area contributed by atoms with Gasteiger partial charge in [0.05, 0.1) is 12.2 Å². The van der Waals surface area contributed by atoms with Crippen LogP contribution in [-0.4, -0.2) is 30.6 Å². The Labute approximate surface area is 153 Å². The van der Waals surface area contributed by atoms with E-state index >= 15 is 0 Å². The van der Waals surface area contributed by atoms with Crippen LogP contribution >= 0.6 is 11.6 Å². The molecule has 2 aromatic carbocycles. The van der Waals surface area contributed by atoms with E-state index in [-0.39, 0.29) is 5.75 Å². The number of aliphatic carboxylic acids is 1. The number of benzene rings is 2. The number of hydrazone groups is 1. The predicted molar refractivity (Wildman–Crippen MR) is 92.8 cm³/mol. The lowest BCUT2D eigenvalue weighted by Gasteiger charge is -2.09. The molecule has 0 atom stereocenters. The minimum Gasteiger partial charge on any atom is -0.546 e. The van der Waals surface area contributed by atoms with Gasteiger partial charge >= 0.3 is 11.8 Å². The number of nitrogens with zero attached hydrogens (tertiary/aromatic N) is 1. The zero-order chi connectivity index (χ0) is 18.9. The second-order valence-electron chi connectivity index (χ2n) is 4.86. The molecular formula is C17H13ClN3O5-. The van der Waals surface area contributed by atoms with Gasteiger partial charge in [-0.2, -0.15) is 5.10 Å². The molecule has 2 aromatic rings. The number of halogens is 1. The van der Waals surface area contributed by atoms with Crippen LogP contribution in [0.4, 0.5) is 5.69 Å². The van der Waals surface area contributed by atoms with Crippen LogP contribution in [0.25, 0.3) is 0 Å². The number of amides is 2. The molecular weight excluding hydrogens is 362 g/mol. The average molecular weight is 375 g/mol. The Morgan fingerprint density at radius 2 is 1.88 bits per heavy atom. The molecule has 0 saturated carbocycles. The van der Waals surface area contributed by atoms with Gasteiger partial charge in [-0.15, -0.1) is 0 Å². The number of carboxylic acid groups (broad SMARTS) is 1. The van der Waals surface area contributed by atoms with Crippen LogP contribution in [-0.2, 0) is 14.4 Å². The van der Waals surface area contributed by atoms with Crippen molar-refractivity contribution in [2.75, 3.05) is 11.9 Å². The second-order valence-corrected chi connectivity index (χ2v) is 5.30. The molecule has 0 aliphatic rings. The molecule has 9 heteroatoms. The molecule has 134 valence electrons. The molecule has 2 amide bonds. The van der Waals surface area contributed by atoms with E-state index in [1.165, 1.54) is 18.3 Å². The van der Waals surface area contributed by atoms with E-state index in [4.69, 9.17) is 16.3 Å². The minimum atomic E-state index is -1.37. The highest BCUT2D eigenvalue weighted by Crippen LogP contribution is 2.16. The summed E-state index contributed by atoms with van der Waals surface area (Å²) in [4.78, 5) is 34.0. The van der Waals surface area contributed by atoms with Crippen molar-refractivity contribution in [1.82, 2.24) is 5.43 Å². The highest BCUT2D eigenvalue weighted by molar-refractivity contribution is 6.39. The summed E-state index contributed by atoms with van der Waals surface area (Å²) in [6, 6.07) is 12.7. The zero-order valence-corrected chi connectivity index (χ0v) is 14.0. The Kier molecular flexibility index (Phi) is 6.69. The van der Waals surface area contributed by atoms with E-state index in [9.17, 15) is 19.5 Å². The van der Waals surface area contributed by atoms with Gasteiger partial charge in [-0.3, -0.25) is 9.59 Å². The molecule has 0 fully saturated rings. The molecule has 0 aromatic heterocycles. The van der Waals surface area contributed by atoms with E-state index in [1.807, 2.05) is 0 Å². The Bertz CT molecular complexity index is 854. The molecule has 0 heterocycles. The van der Waals surface area contributed by atoms with Crippen molar-refractivity contribution < 1.29 is 24.2 Å². The molecule has 0 aliphatic heterocycles. The van der Waals surface area contributed by atoms with E-state index in [0.717, 1.165) is 0 Å². The SMILES string of the molecule is O=C([O-])COc1ccccc1/C=N\NC(=O)C(=O)Nc1cccc(Cl)c1. The molecule has 0 spiro atoms. The number of ether oxygens (including phenoxy) is 1. The van der Waals surface area contributed by atoms with Gasteiger partial charge < -0.3 is 20.0 Å². The molecule has 0 saturated heterocycles. The van der Waals surface area contributed by atoms with Gasteiger partial charge in [-0.1, -0.05) is 29.8 Å². The van der Waals surface area contributed by atoms with Crippen LogP contribution in [0.3, 0.4) is 0 Å². The van der Waals surface area contributed by atoms with Crippen molar-refractivity contribution in [2.24, 2.45) is 5.10 Å². The second kappa shape index (κ2) is 9.19. The maximum absolute atomic E-state index is 11.8. The number of rotatable bonds is 6. The third-order valence-electron chi connectivity index (χ3n) is 2.92. The summed E-state index contributed by atoms with van der Waals surface area (Å²) < 4.78 is 5.04. The summed E-state index contributed by atoms with van der Waals surface area (Å²) in [6.07, 6.45) is 1.22. The maximum Gasteiger partial charge on any atom is 0.329 e. The predicted octanol–water partition coefficient (Wildman–Crippen LogP) is 0.557. The molecule has 8 nitrogen and oxygen atoms in total. The molecule has 26 heavy (non-hydrogen) atoms. The smallest absolute Gasteiger partial charge is 0.329 e. The van der Waals surface area contributed by atoms with Crippen LogP contribution in [0.15, 0.2) is 53.6 Å². The number of carboxylic acids is 1. The summed E-state index contributed by atoms with van der Waals surface area (Å²) >= 11 is 5.79. The van der Waals surface area contributed by atoms with Crippen molar-refractivity contribution in [3.8, 4) is 5.75 Å². The fourth-order valence-electron chi connectivity index (χ4n) is 1.82. The highest BCUT2D eigenvalue weighted by Gasteiger charge is 2.13. The third kappa shape index (κ3) is 5.91. The van der Waals surface area contributed by atoms with Crippen molar-refractivity contribution in [1.29, 1.82) is 0 Å². The third-order valence-corrected chi connectivity index (χ3v) is 3.16. The summed E-state index contributed by atoms with van der Waals surface area (Å²) in [5, 5.41) is 16.9. The molecule has 2 N–H and O–H groups in total. The number of anilines is 1. The van der Waals surface area contributed by atoms with Gasteiger partial charge in [0.25, 0.3) is 0 Å². The maximum atomic E-state index is 11.8. The molecule has 2 rings (SSSR count). The zero-order valence-electron chi connectivity index (χ0n) is 13.3. The largest absolute Gasteiger partial charge is 0.546 e. The first kappa shape index (κ1) is 18.9. The van der Waals surface area contributed by atoms with Gasteiger partial charge in [0.2, 0.25) is 0 Å². The Balaban J connectivity index is 1.94. The van der Waals surface area contributed by atoms with Crippen LogP contribution in [0.2, 0.25) is 5.02 Å². The first-order chi connectivity index (χ1) is 12.5. The fraction of sp³-hybridized carbons (Fsp3) is 0.0588. The van der Waals surface area contributed by atoms with E-state index in [2.05, 4.69) is 15.8 Å². The standard InChI is InChI=1S/C17H14ClN3O5/c18-12-5-3-6-13(8-12)20-16(24)17(25)21-19-9-11-4-1-2-7-14(11)26-10-15(22)23/h1-9H,10H2,(H,20,24)(H,21,25)(H,22,23)/p-1/b19-9-. The van der Waals surface area contributed by atoms with Crippen molar-refractivity contribution in [3.63, 3.8) is 0 Å². The highest BCUT2D eigenvalue weighted by atomic mass is 35.5. The number of carbonyl (C=O) groups is 3. The monoisotopic (exact) mass is 374 g/mol. The topological polar surface area (TPSA) is 120 Å². The van der Waals surface area contributed by atoms with Crippen LogP contribution in [0.1, 0.15) is 5.56 Å². The van der Waals surface area contributed by atoms with Gasteiger partial charge in [-0.05, 0) is 30.3 Å². The van der Waals surface area contributed by atoms with Crippen molar-refractivity contribution in [2.45, 2.75) is 0 Å². The number of nitrogens with one attached hydrogen (secondary N) is 2. The number of hydrogen-bond acceptors (Lipinski definition) is 6. The summed E-state index contributed by atoms with van der Waals surface area (Å²) in [5.41, 5.74) is 2.83. The first-order valence-corrected chi connectivity index (χ1v) is 7.65. The number of para-hydroxylation sites is 1. The Hall–Kier alpha value is -3.39. The van der Waals surface area contributed by atoms with Crippen molar-refractivity contribution in [3.05, 3.63) is 59.1 Å².